The van der Waals surface area contributed by atoms with Crippen molar-refractivity contribution < 1.29 is 23.1 Å². The normalized spacial score (nSPS) is 16.8. The van der Waals surface area contributed by atoms with Crippen LogP contribution in [-0.2, 0) is 14.8 Å². The smallest absolute Gasteiger partial charge is 0.337 e. The summed E-state index contributed by atoms with van der Waals surface area (Å²) in [6, 6.07) is 4.36. The van der Waals surface area contributed by atoms with Crippen LogP contribution in [0.3, 0.4) is 0 Å². The summed E-state index contributed by atoms with van der Waals surface area (Å²) in [5.41, 5.74) is -0.0433. The van der Waals surface area contributed by atoms with Crippen molar-refractivity contribution in [2.24, 2.45) is 0 Å². The molecule has 20 heavy (non-hydrogen) atoms. The number of benzene rings is 1. The van der Waals surface area contributed by atoms with Crippen molar-refractivity contribution in [3.05, 3.63) is 29.3 Å². The number of aliphatic hydroxyl groups is 1. The summed E-state index contributed by atoms with van der Waals surface area (Å²) in [5.74, 6) is -0.593. The molecule has 0 saturated heterocycles. The van der Waals surface area contributed by atoms with Gasteiger partial charge in [0.15, 0.2) is 0 Å². The number of methoxy groups -OCH3 is 1. The van der Waals surface area contributed by atoms with Gasteiger partial charge in [0.25, 0.3) is 0 Å². The molecule has 2 rings (SSSR count). The summed E-state index contributed by atoms with van der Waals surface area (Å²) in [4.78, 5) is 11.5. The van der Waals surface area contributed by atoms with Crippen LogP contribution in [0.1, 0.15) is 28.8 Å². The highest BCUT2D eigenvalue weighted by Crippen LogP contribution is 2.36. The molecule has 1 aliphatic rings. The molecule has 110 valence electrons. The zero-order valence-corrected chi connectivity index (χ0v) is 12.2. The van der Waals surface area contributed by atoms with Crippen molar-refractivity contribution in [1.82, 2.24) is 4.72 Å². The van der Waals surface area contributed by atoms with Crippen LogP contribution in [0.4, 0.5) is 0 Å². The minimum atomic E-state index is -3.78. The standard InChI is InChI=1S/C13H17NO5S/c1-9-3-4-10(12(16)19-2)7-11(9)20(17,18)14-13(8-15)5-6-13/h3-4,7,14-15H,5-6,8H2,1-2H3. The van der Waals surface area contributed by atoms with Gasteiger partial charge in [-0.05, 0) is 37.5 Å². The summed E-state index contributed by atoms with van der Waals surface area (Å²) in [7, 11) is -2.54. The third-order valence-corrected chi connectivity index (χ3v) is 5.13. The summed E-state index contributed by atoms with van der Waals surface area (Å²) in [5, 5.41) is 9.22. The SMILES string of the molecule is COC(=O)c1ccc(C)c(S(=O)(=O)NC2(CO)CC2)c1. The second-order valence-electron chi connectivity index (χ2n) is 5.02. The Morgan fingerprint density at radius 2 is 2.10 bits per heavy atom. The highest BCUT2D eigenvalue weighted by atomic mass is 32.2. The molecule has 0 unspecified atom stereocenters. The molecule has 1 aromatic rings. The van der Waals surface area contributed by atoms with E-state index >= 15 is 0 Å². The molecule has 0 heterocycles. The van der Waals surface area contributed by atoms with Crippen LogP contribution in [0.5, 0.6) is 0 Å². The van der Waals surface area contributed by atoms with E-state index in [0.717, 1.165) is 0 Å². The van der Waals surface area contributed by atoms with E-state index in [4.69, 9.17) is 0 Å². The second-order valence-corrected chi connectivity index (χ2v) is 6.67. The quantitative estimate of drug-likeness (QED) is 0.776. The first kappa shape index (κ1) is 15.0. The Morgan fingerprint density at radius 3 is 2.60 bits per heavy atom. The second kappa shape index (κ2) is 5.16. The van der Waals surface area contributed by atoms with E-state index in [-0.39, 0.29) is 17.1 Å². The van der Waals surface area contributed by atoms with Gasteiger partial charge in [-0.15, -0.1) is 0 Å². The third kappa shape index (κ3) is 2.84. The Labute approximate surface area is 117 Å². The zero-order chi connectivity index (χ0) is 15.0. The molecule has 0 aliphatic heterocycles. The topological polar surface area (TPSA) is 92.7 Å². The molecule has 0 aromatic heterocycles. The van der Waals surface area contributed by atoms with Gasteiger partial charge < -0.3 is 9.84 Å². The fourth-order valence-corrected chi connectivity index (χ4v) is 3.64. The van der Waals surface area contributed by atoms with Crippen LogP contribution in [0.15, 0.2) is 23.1 Å². The number of ether oxygens (including phenoxy) is 1. The van der Waals surface area contributed by atoms with E-state index in [2.05, 4.69) is 9.46 Å². The maximum Gasteiger partial charge on any atom is 0.337 e. The molecular formula is C13H17NO5S. The molecule has 1 fully saturated rings. The van der Waals surface area contributed by atoms with Crippen molar-refractivity contribution in [2.45, 2.75) is 30.2 Å². The van der Waals surface area contributed by atoms with Crippen molar-refractivity contribution in [1.29, 1.82) is 0 Å². The lowest BCUT2D eigenvalue weighted by Gasteiger charge is -2.16. The Hall–Kier alpha value is -1.44. The lowest BCUT2D eigenvalue weighted by Crippen LogP contribution is -2.39. The monoisotopic (exact) mass is 299 g/mol. The fourth-order valence-electron chi connectivity index (χ4n) is 1.92. The molecule has 1 aromatic carbocycles. The molecule has 7 heteroatoms. The van der Waals surface area contributed by atoms with Gasteiger partial charge in [-0.3, -0.25) is 0 Å². The van der Waals surface area contributed by atoms with Crippen LogP contribution in [-0.4, -0.2) is 38.7 Å². The minimum Gasteiger partial charge on any atom is -0.465 e. The molecule has 2 N–H and O–H groups in total. The maximum absolute atomic E-state index is 12.4. The zero-order valence-electron chi connectivity index (χ0n) is 11.3. The van der Waals surface area contributed by atoms with Crippen molar-refractivity contribution in [3.63, 3.8) is 0 Å². The summed E-state index contributed by atoms with van der Waals surface area (Å²) in [6.07, 6.45) is 1.22. The first-order chi connectivity index (χ1) is 9.33. The highest BCUT2D eigenvalue weighted by molar-refractivity contribution is 7.89. The van der Waals surface area contributed by atoms with Crippen LogP contribution < -0.4 is 4.72 Å². The first-order valence-corrected chi connectivity index (χ1v) is 7.66. The lowest BCUT2D eigenvalue weighted by molar-refractivity contribution is 0.0600. The van der Waals surface area contributed by atoms with Crippen molar-refractivity contribution >= 4 is 16.0 Å². The Balaban J connectivity index is 2.38. The Kier molecular flexibility index (Phi) is 3.86. The Morgan fingerprint density at radius 1 is 1.45 bits per heavy atom. The third-order valence-electron chi connectivity index (χ3n) is 3.41. The van der Waals surface area contributed by atoms with Gasteiger partial charge in [-0.25, -0.2) is 17.9 Å². The van der Waals surface area contributed by atoms with Gasteiger partial charge in [-0.2, -0.15) is 0 Å². The molecule has 0 amide bonds. The van der Waals surface area contributed by atoms with Crippen LogP contribution >= 0.6 is 0 Å². The number of nitrogens with one attached hydrogen (secondary N) is 1. The van der Waals surface area contributed by atoms with Crippen molar-refractivity contribution in [2.75, 3.05) is 13.7 Å². The molecule has 1 aliphatic carbocycles. The van der Waals surface area contributed by atoms with Gasteiger partial charge in [0.1, 0.15) is 0 Å². The van der Waals surface area contributed by atoms with Gasteiger partial charge in [0, 0.05) is 0 Å². The number of carbonyl (C=O) groups is 1. The van der Waals surface area contributed by atoms with Gasteiger partial charge in [0.2, 0.25) is 10.0 Å². The van der Waals surface area contributed by atoms with E-state index < -0.39 is 21.5 Å². The molecule has 6 nitrogen and oxygen atoms in total. The fraction of sp³-hybridized carbons (Fsp3) is 0.462. The van der Waals surface area contributed by atoms with Crippen LogP contribution in [0, 0.1) is 6.92 Å². The molecule has 0 spiro atoms. The Bertz CT molecular complexity index is 634. The van der Waals surface area contributed by atoms with Crippen LogP contribution in [0.25, 0.3) is 0 Å². The maximum atomic E-state index is 12.4. The number of hydrogen-bond donors (Lipinski definition) is 2. The number of rotatable bonds is 5. The molecule has 0 bridgehead atoms. The number of aliphatic hydroxyl groups excluding tert-OH is 1. The molecule has 1 saturated carbocycles. The molecule has 0 radical (unpaired) electrons. The number of carbonyl (C=O) groups excluding carboxylic acids is 1. The summed E-state index contributed by atoms with van der Waals surface area (Å²) >= 11 is 0. The predicted octanol–water partition coefficient (Wildman–Crippen LogP) is 0.585. The average Bonchev–Trinajstić information content (AvgIpc) is 3.17. The average molecular weight is 299 g/mol. The largest absolute Gasteiger partial charge is 0.465 e. The van der Waals surface area contributed by atoms with E-state index in [1.807, 2.05) is 0 Å². The van der Waals surface area contributed by atoms with Gasteiger partial charge in [0.05, 0.1) is 29.7 Å². The number of aryl methyl sites for hydroxylation is 1. The summed E-state index contributed by atoms with van der Waals surface area (Å²) < 4.78 is 31.8. The number of esters is 1. The summed E-state index contributed by atoms with van der Waals surface area (Å²) in [6.45, 7) is 1.41. The van der Waals surface area contributed by atoms with E-state index in [9.17, 15) is 18.3 Å². The predicted molar refractivity (Wildman–Crippen MR) is 71.9 cm³/mol. The molecule has 0 atom stereocenters. The van der Waals surface area contributed by atoms with E-state index in [1.54, 1.807) is 13.0 Å². The molecular weight excluding hydrogens is 282 g/mol. The van der Waals surface area contributed by atoms with Gasteiger partial charge in [-0.1, -0.05) is 6.07 Å². The lowest BCUT2D eigenvalue weighted by atomic mass is 10.1. The first-order valence-electron chi connectivity index (χ1n) is 6.17. The van der Waals surface area contributed by atoms with Crippen LogP contribution in [0.2, 0.25) is 0 Å². The van der Waals surface area contributed by atoms with Crippen molar-refractivity contribution in [3.8, 4) is 0 Å². The van der Waals surface area contributed by atoms with E-state index in [1.165, 1.54) is 19.2 Å². The van der Waals surface area contributed by atoms with E-state index in [0.29, 0.717) is 18.4 Å². The number of hydrogen-bond acceptors (Lipinski definition) is 5. The van der Waals surface area contributed by atoms with Gasteiger partial charge >= 0.3 is 5.97 Å². The number of sulfonamides is 1. The highest BCUT2D eigenvalue weighted by Gasteiger charge is 2.45. The minimum absolute atomic E-state index is 0.0279.